The first-order valence-electron chi connectivity index (χ1n) is 17.4. The Bertz CT molecular complexity index is 2640. The van der Waals surface area contributed by atoms with Gasteiger partial charge < -0.3 is 5.11 Å². The van der Waals surface area contributed by atoms with Crippen LogP contribution in [0.4, 0.5) is 30.7 Å². The first-order valence-corrected chi connectivity index (χ1v) is 19.4. The molecule has 0 aliphatic heterocycles. The van der Waals surface area contributed by atoms with Crippen LogP contribution >= 0.6 is 11.6 Å². The summed E-state index contributed by atoms with van der Waals surface area (Å²) in [6, 6.07) is 8.73. The van der Waals surface area contributed by atoms with Crippen LogP contribution in [0, 0.1) is 29.4 Å². The van der Waals surface area contributed by atoms with Gasteiger partial charge in [0.25, 0.3) is 5.92 Å². The quantitative estimate of drug-likeness (QED) is 0.115. The van der Waals surface area contributed by atoms with Crippen molar-refractivity contribution in [3.8, 4) is 23.0 Å². The van der Waals surface area contributed by atoms with E-state index in [0.717, 1.165) is 12.1 Å². The molecule has 0 bridgehead atoms. The summed E-state index contributed by atoms with van der Waals surface area (Å²) in [6.07, 6.45) is -6.11. The maximum absolute atomic E-state index is 15.4. The van der Waals surface area contributed by atoms with E-state index in [1.54, 1.807) is 12.1 Å². The molecule has 57 heavy (non-hydrogen) atoms. The maximum atomic E-state index is 15.4. The lowest BCUT2D eigenvalue weighted by Gasteiger charge is -2.22. The summed E-state index contributed by atoms with van der Waals surface area (Å²) in [6.45, 7) is 1.85. The predicted octanol–water partition coefficient (Wildman–Crippen LogP) is 6.89. The number of fused-ring (bicyclic) bond motifs is 4. The molecule has 19 heteroatoms. The fourth-order valence-corrected chi connectivity index (χ4v) is 8.49. The topological polar surface area (TPSA) is 146 Å². The zero-order valence-corrected chi connectivity index (χ0v) is 31.8. The summed E-state index contributed by atoms with van der Waals surface area (Å²) in [4.78, 5) is 18.7. The molecule has 7 rings (SSSR count). The molecule has 3 N–H and O–H groups in total. The van der Waals surface area contributed by atoms with Gasteiger partial charge in [-0.25, -0.2) is 27.3 Å². The smallest absolute Gasteiger partial charge is 0.378 e. The molecule has 0 saturated heterocycles. The third-order valence-corrected chi connectivity index (χ3v) is 10.8. The van der Waals surface area contributed by atoms with Crippen LogP contribution in [0.2, 0.25) is 5.02 Å². The number of ketones is 1. The molecule has 3 aromatic heterocycles. The number of carbonyl (C=O) groups excluding carboxylic acids is 1. The average molecular weight is 837 g/mol. The summed E-state index contributed by atoms with van der Waals surface area (Å²) in [5.41, 5.74) is -3.42. The van der Waals surface area contributed by atoms with E-state index >= 15 is 8.78 Å². The largest absolute Gasteiger partial charge is 0.435 e. The second-order valence-corrected chi connectivity index (χ2v) is 16.9. The molecule has 300 valence electrons. The van der Waals surface area contributed by atoms with Gasteiger partial charge in [-0.2, -0.15) is 32.1 Å². The second-order valence-electron chi connectivity index (χ2n) is 14.9. The molecule has 0 radical (unpaired) electrons. The first kappa shape index (κ1) is 40.4. The molecule has 1 fully saturated rings. The number of aromatic nitrogens is 5. The Labute approximate surface area is 325 Å². The first-order chi connectivity index (χ1) is 26.4. The standard InChI is InChI=1S/C38H32ClF7N6O4S/c1-36(2,54)9-8-22-4-5-24(25-6-7-28(39)31-29(17-57(47,55)56)49-51(3)33(25)31)32(48-22)19(10-18-11-20(40)14-21(41)12-18)13-23(53)16-52-35-30(34(50-52)38(44,45)46)26-15-27(26)37(35,42)43/h4-7,11-12,14,19,26-27,54H,10,13,15-17H2,1-3H3,(H2,47,55,56)/t19-,26+,27-/m1/s1. The number of hydrogen-bond acceptors (Lipinski definition) is 7. The van der Waals surface area contributed by atoms with Crippen LogP contribution in [-0.2, 0) is 52.7 Å². The van der Waals surface area contributed by atoms with Crippen LogP contribution < -0.4 is 5.14 Å². The number of pyridine rings is 1. The molecule has 2 aromatic carbocycles. The highest BCUT2D eigenvalue weighted by Crippen LogP contribution is 2.68. The summed E-state index contributed by atoms with van der Waals surface area (Å²) in [5, 5.41) is 23.8. The average Bonchev–Trinajstić information content (AvgIpc) is 3.61. The van der Waals surface area contributed by atoms with Crippen LogP contribution in [0.15, 0.2) is 42.5 Å². The van der Waals surface area contributed by atoms with Crippen molar-refractivity contribution >= 4 is 38.3 Å². The molecule has 0 unspecified atom stereocenters. The minimum atomic E-state index is -5.07. The number of aliphatic hydroxyl groups is 1. The van der Waals surface area contributed by atoms with Crippen molar-refractivity contribution in [3.63, 3.8) is 0 Å². The third-order valence-electron chi connectivity index (χ3n) is 9.85. The molecule has 2 aliphatic carbocycles. The van der Waals surface area contributed by atoms with E-state index in [9.17, 15) is 40.3 Å². The van der Waals surface area contributed by atoms with Gasteiger partial charge >= 0.3 is 6.18 Å². The van der Waals surface area contributed by atoms with Gasteiger partial charge in [-0.1, -0.05) is 23.6 Å². The predicted molar refractivity (Wildman–Crippen MR) is 193 cm³/mol. The van der Waals surface area contributed by atoms with Gasteiger partial charge in [-0.05, 0) is 74.4 Å². The fourth-order valence-electron chi connectivity index (χ4n) is 7.65. The molecule has 10 nitrogen and oxygen atoms in total. The molecule has 0 amide bonds. The van der Waals surface area contributed by atoms with Crippen molar-refractivity contribution in [2.45, 2.75) is 74.9 Å². The van der Waals surface area contributed by atoms with E-state index in [2.05, 4.69) is 22.0 Å². The number of hydrogen-bond donors (Lipinski definition) is 2. The highest BCUT2D eigenvalue weighted by Gasteiger charge is 2.68. The molecule has 3 atom stereocenters. The van der Waals surface area contributed by atoms with Crippen LogP contribution in [-0.4, -0.2) is 49.5 Å². The molecule has 2 aliphatic rings. The Morgan fingerprint density at radius 2 is 1.75 bits per heavy atom. The summed E-state index contributed by atoms with van der Waals surface area (Å²) < 4.78 is 128. The number of rotatable bonds is 10. The number of benzene rings is 2. The van der Waals surface area contributed by atoms with Crippen molar-refractivity contribution in [1.82, 2.24) is 24.5 Å². The highest BCUT2D eigenvalue weighted by atomic mass is 35.5. The van der Waals surface area contributed by atoms with E-state index in [1.807, 2.05) is 0 Å². The normalized spacial score (nSPS) is 17.9. The van der Waals surface area contributed by atoms with Gasteiger partial charge in [0.1, 0.15) is 40.9 Å². The van der Waals surface area contributed by atoms with Crippen LogP contribution in [0.3, 0.4) is 0 Å². The molecule has 3 heterocycles. The van der Waals surface area contributed by atoms with Crippen molar-refractivity contribution in [3.05, 3.63) is 98.7 Å². The number of sulfonamides is 1. The van der Waals surface area contributed by atoms with E-state index < -0.39 is 98.6 Å². The Morgan fingerprint density at radius 3 is 2.39 bits per heavy atom. The van der Waals surface area contributed by atoms with Crippen LogP contribution in [0.1, 0.15) is 78.1 Å². The Balaban J connectivity index is 1.39. The number of aryl methyl sites for hydroxylation is 1. The van der Waals surface area contributed by atoms with E-state index in [4.69, 9.17) is 21.7 Å². The number of alkyl halides is 5. The molecule has 1 saturated carbocycles. The Hall–Kier alpha value is -4.83. The van der Waals surface area contributed by atoms with Crippen molar-refractivity contribution in [2.24, 2.45) is 18.1 Å². The maximum Gasteiger partial charge on any atom is 0.435 e. The number of carbonyl (C=O) groups is 1. The number of primary sulfonamides is 1. The lowest BCUT2D eigenvalue weighted by atomic mass is 9.86. The van der Waals surface area contributed by atoms with Gasteiger partial charge in [0.05, 0.1) is 21.9 Å². The number of nitrogens with zero attached hydrogens (tertiary/aromatic N) is 5. The van der Waals surface area contributed by atoms with Gasteiger partial charge in [0.15, 0.2) is 11.5 Å². The number of nitrogens with two attached hydrogens (primary N) is 1. The van der Waals surface area contributed by atoms with Gasteiger partial charge in [0, 0.05) is 53.4 Å². The summed E-state index contributed by atoms with van der Waals surface area (Å²) in [7, 11) is -2.58. The Morgan fingerprint density at radius 1 is 1.09 bits per heavy atom. The fraction of sp³-hybridized carbons (Fsp3) is 0.368. The van der Waals surface area contributed by atoms with Gasteiger partial charge in [-0.15, -0.1) is 0 Å². The zero-order valence-electron chi connectivity index (χ0n) is 30.2. The Kier molecular flexibility index (Phi) is 9.86. The minimum absolute atomic E-state index is 0.0189. The van der Waals surface area contributed by atoms with E-state index in [1.165, 1.54) is 37.7 Å². The van der Waals surface area contributed by atoms with Crippen LogP contribution in [0.5, 0.6) is 0 Å². The second kappa shape index (κ2) is 13.9. The summed E-state index contributed by atoms with van der Waals surface area (Å²) >= 11 is 6.57. The zero-order chi connectivity index (χ0) is 41.6. The molecule has 5 aromatic rings. The number of Topliss-reactive ketones (excluding diaryl/α,β-unsaturated/α-hetero) is 1. The lowest BCUT2D eigenvalue weighted by molar-refractivity contribution is -0.142. The van der Waals surface area contributed by atoms with Gasteiger partial charge in [-0.3, -0.25) is 14.2 Å². The molecular weight excluding hydrogens is 805 g/mol. The third kappa shape index (κ3) is 8.02. The van der Waals surface area contributed by atoms with Gasteiger partial charge in [0.2, 0.25) is 10.0 Å². The van der Waals surface area contributed by atoms with Crippen LogP contribution in [0.25, 0.3) is 22.0 Å². The monoisotopic (exact) mass is 836 g/mol. The van der Waals surface area contributed by atoms with Crippen molar-refractivity contribution in [1.29, 1.82) is 0 Å². The number of halogens is 8. The SMILES string of the molecule is Cn1nc(CS(N)(=O)=O)c2c(Cl)ccc(-c3ccc(C#CC(C)(C)O)nc3[C@@H](CC(=O)Cn3nc(C(F)(F)F)c4c3C(F)(F)[C@@H]3C[C@H]43)Cc3cc(F)cc(F)c3)c21. The summed E-state index contributed by atoms with van der Waals surface area (Å²) in [5.74, 6) is -5.25. The lowest BCUT2D eigenvalue weighted by Crippen LogP contribution is -2.24. The van der Waals surface area contributed by atoms with Crippen molar-refractivity contribution < 1.29 is 49.1 Å². The highest BCUT2D eigenvalue weighted by molar-refractivity contribution is 7.88. The van der Waals surface area contributed by atoms with E-state index in [0.29, 0.717) is 21.8 Å². The molecular formula is C38H32ClF7N6O4S. The van der Waals surface area contributed by atoms with E-state index in [-0.39, 0.29) is 51.5 Å². The van der Waals surface area contributed by atoms with Crippen molar-refractivity contribution in [2.75, 3.05) is 0 Å². The minimum Gasteiger partial charge on any atom is -0.378 e. The molecule has 0 spiro atoms.